The fraction of sp³-hybridized carbons (Fsp3) is 0.294. The lowest BCUT2D eigenvalue weighted by Crippen LogP contribution is -2.17. The molecule has 1 aromatic carbocycles. The molecule has 0 aliphatic rings. The highest BCUT2D eigenvalue weighted by molar-refractivity contribution is 5.43. The molecular weight excluding hydrogens is 242 g/mol. The van der Waals surface area contributed by atoms with Gasteiger partial charge in [-0.15, -0.1) is 0 Å². The van der Waals surface area contributed by atoms with Crippen LogP contribution in [-0.2, 0) is 5.92 Å². The molecule has 1 rings (SSSR count). The van der Waals surface area contributed by atoms with Gasteiger partial charge in [0, 0.05) is 11.1 Å². The van der Waals surface area contributed by atoms with Crippen molar-refractivity contribution in [1.29, 1.82) is 0 Å². The molecule has 0 nitrogen and oxygen atoms in total. The van der Waals surface area contributed by atoms with Crippen LogP contribution >= 0.6 is 0 Å². The van der Waals surface area contributed by atoms with E-state index in [1.54, 1.807) is 32.1 Å². The first kappa shape index (κ1) is 15.4. The third-order valence-electron chi connectivity index (χ3n) is 3.27. The number of rotatable bonds is 4. The Morgan fingerprint density at radius 3 is 2.32 bits per heavy atom. The van der Waals surface area contributed by atoms with Crippen LogP contribution in [0.2, 0.25) is 0 Å². The molecule has 0 fully saturated rings. The van der Waals surface area contributed by atoms with E-state index in [4.69, 9.17) is 0 Å². The van der Waals surface area contributed by atoms with Crippen LogP contribution in [0.4, 0.5) is 8.78 Å². The fourth-order valence-electron chi connectivity index (χ4n) is 1.85. The molecule has 0 N–H and O–H groups in total. The summed E-state index contributed by atoms with van der Waals surface area (Å²) in [5.41, 5.74) is 2.38. The van der Waals surface area contributed by atoms with E-state index < -0.39 is 5.92 Å². The molecule has 0 saturated carbocycles. The highest BCUT2D eigenvalue weighted by atomic mass is 19.3. The van der Waals surface area contributed by atoms with E-state index in [9.17, 15) is 8.78 Å². The van der Waals surface area contributed by atoms with E-state index in [-0.39, 0.29) is 11.1 Å². The van der Waals surface area contributed by atoms with Crippen LogP contribution < -0.4 is 0 Å². The summed E-state index contributed by atoms with van der Waals surface area (Å²) in [5, 5.41) is 0. The Morgan fingerprint density at radius 2 is 1.84 bits per heavy atom. The van der Waals surface area contributed by atoms with Crippen molar-refractivity contribution in [3.05, 3.63) is 70.8 Å². The van der Waals surface area contributed by atoms with Gasteiger partial charge in [0.1, 0.15) is 0 Å². The first-order valence-corrected chi connectivity index (χ1v) is 6.26. The Bertz CT molecular complexity index is 534. The van der Waals surface area contributed by atoms with Crippen molar-refractivity contribution in [2.24, 2.45) is 0 Å². The van der Waals surface area contributed by atoms with E-state index in [0.717, 1.165) is 11.1 Å². The summed E-state index contributed by atoms with van der Waals surface area (Å²) in [4.78, 5) is 0. The Hall–Kier alpha value is -1.70. The highest BCUT2D eigenvalue weighted by Gasteiger charge is 2.36. The van der Waals surface area contributed by atoms with Gasteiger partial charge >= 0.3 is 0 Å². The lowest BCUT2D eigenvalue weighted by atomic mass is 9.93. The lowest BCUT2D eigenvalue weighted by molar-refractivity contribution is 0.0411. The first-order chi connectivity index (χ1) is 8.84. The Kier molecular flexibility index (Phi) is 4.82. The maximum Gasteiger partial charge on any atom is 0.298 e. The number of hydrogen-bond donors (Lipinski definition) is 0. The van der Waals surface area contributed by atoms with E-state index in [0.29, 0.717) is 5.57 Å². The van der Waals surface area contributed by atoms with Crippen molar-refractivity contribution in [1.82, 2.24) is 0 Å². The predicted octanol–water partition coefficient (Wildman–Crippen LogP) is 5.47. The van der Waals surface area contributed by atoms with Gasteiger partial charge in [0.25, 0.3) is 5.92 Å². The Balaban J connectivity index is 3.42. The summed E-state index contributed by atoms with van der Waals surface area (Å²) in [7, 11) is 0. The third kappa shape index (κ3) is 3.19. The number of halogens is 2. The van der Waals surface area contributed by atoms with Crippen molar-refractivity contribution in [3.63, 3.8) is 0 Å². The molecule has 0 saturated heterocycles. The van der Waals surface area contributed by atoms with Crippen LogP contribution in [-0.4, -0.2) is 0 Å². The zero-order valence-electron chi connectivity index (χ0n) is 11.9. The van der Waals surface area contributed by atoms with Crippen LogP contribution in [0, 0.1) is 13.8 Å². The molecule has 0 atom stereocenters. The zero-order chi connectivity index (χ0) is 14.6. The topological polar surface area (TPSA) is 0 Å². The third-order valence-corrected chi connectivity index (χ3v) is 3.27. The quantitative estimate of drug-likeness (QED) is 0.631. The zero-order valence-corrected chi connectivity index (χ0v) is 11.9. The summed E-state index contributed by atoms with van der Waals surface area (Å²) in [6.07, 6.45) is 4.54. The standard InChI is InChI=1S/C17H20F2/c1-6-8-16(12(3)7-2)17(18,19)15-10-9-13(4)14(5)11-15/h6-11H,2H2,1,3-5H3/b8-6-,16-12+. The second kappa shape index (κ2) is 5.96. The van der Waals surface area contributed by atoms with Gasteiger partial charge in [-0.05, 0) is 50.5 Å². The molecular formula is C17H20F2. The lowest BCUT2D eigenvalue weighted by Gasteiger charge is -2.21. The van der Waals surface area contributed by atoms with Gasteiger partial charge in [0.2, 0.25) is 0 Å². The Labute approximate surface area is 114 Å². The molecule has 1 aromatic rings. The van der Waals surface area contributed by atoms with E-state index in [1.807, 2.05) is 13.8 Å². The monoisotopic (exact) mass is 262 g/mol. The molecule has 0 spiro atoms. The SMILES string of the molecule is C=C/C(C)=C(\C=C/C)C(F)(F)c1ccc(C)c(C)c1. The van der Waals surface area contributed by atoms with Crippen molar-refractivity contribution in [2.45, 2.75) is 33.6 Å². The average Bonchev–Trinajstić information content (AvgIpc) is 2.37. The van der Waals surface area contributed by atoms with Gasteiger partial charge in [-0.25, -0.2) is 0 Å². The summed E-state index contributed by atoms with van der Waals surface area (Å²) in [6.45, 7) is 10.7. The number of allylic oxidation sites excluding steroid dienone is 5. The molecule has 0 radical (unpaired) electrons. The second-order valence-corrected chi connectivity index (χ2v) is 4.67. The largest absolute Gasteiger partial charge is 0.298 e. The number of benzene rings is 1. The van der Waals surface area contributed by atoms with Crippen LogP contribution in [0.15, 0.2) is 54.2 Å². The minimum absolute atomic E-state index is 0.00625. The molecule has 102 valence electrons. The van der Waals surface area contributed by atoms with Crippen LogP contribution in [0.1, 0.15) is 30.5 Å². The van der Waals surface area contributed by atoms with Crippen LogP contribution in [0.25, 0.3) is 0 Å². The van der Waals surface area contributed by atoms with E-state index >= 15 is 0 Å². The smallest absolute Gasteiger partial charge is 0.196 e. The Morgan fingerprint density at radius 1 is 1.21 bits per heavy atom. The van der Waals surface area contributed by atoms with Crippen molar-refractivity contribution in [2.75, 3.05) is 0 Å². The summed E-state index contributed by atoms with van der Waals surface area (Å²) in [5.74, 6) is -3.01. The van der Waals surface area contributed by atoms with Crippen molar-refractivity contribution in [3.8, 4) is 0 Å². The van der Waals surface area contributed by atoms with Crippen molar-refractivity contribution >= 4 is 0 Å². The molecule has 0 aromatic heterocycles. The minimum Gasteiger partial charge on any atom is -0.196 e. The molecule has 0 heterocycles. The number of alkyl halides is 2. The van der Waals surface area contributed by atoms with Crippen molar-refractivity contribution < 1.29 is 8.78 Å². The molecule has 0 bridgehead atoms. The van der Waals surface area contributed by atoms with Gasteiger partial charge in [-0.1, -0.05) is 36.9 Å². The molecule has 19 heavy (non-hydrogen) atoms. The van der Waals surface area contributed by atoms with Gasteiger partial charge in [-0.2, -0.15) is 8.78 Å². The van der Waals surface area contributed by atoms with Gasteiger partial charge < -0.3 is 0 Å². The van der Waals surface area contributed by atoms with Gasteiger partial charge in [0.15, 0.2) is 0 Å². The molecule has 0 amide bonds. The first-order valence-electron chi connectivity index (χ1n) is 6.26. The summed E-state index contributed by atoms with van der Waals surface area (Å²) >= 11 is 0. The second-order valence-electron chi connectivity index (χ2n) is 4.67. The molecule has 0 aliphatic carbocycles. The normalized spacial score (nSPS) is 13.6. The maximum absolute atomic E-state index is 14.6. The average molecular weight is 262 g/mol. The molecule has 0 unspecified atom stereocenters. The van der Waals surface area contributed by atoms with E-state index in [1.165, 1.54) is 18.2 Å². The maximum atomic E-state index is 14.6. The molecule has 0 aliphatic heterocycles. The minimum atomic E-state index is -3.01. The van der Waals surface area contributed by atoms with Gasteiger partial charge in [0.05, 0.1) is 0 Å². The summed E-state index contributed by atoms with van der Waals surface area (Å²) < 4.78 is 29.2. The van der Waals surface area contributed by atoms with Crippen LogP contribution in [0.5, 0.6) is 0 Å². The predicted molar refractivity (Wildman–Crippen MR) is 77.5 cm³/mol. The number of hydrogen-bond acceptors (Lipinski definition) is 0. The van der Waals surface area contributed by atoms with E-state index in [2.05, 4.69) is 6.58 Å². The highest BCUT2D eigenvalue weighted by Crippen LogP contribution is 2.39. The fourth-order valence-corrected chi connectivity index (χ4v) is 1.85. The number of aryl methyl sites for hydroxylation is 2. The molecule has 2 heteroatoms. The van der Waals surface area contributed by atoms with Crippen LogP contribution in [0.3, 0.4) is 0 Å². The van der Waals surface area contributed by atoms with Gasteiger partial charge in [-0.3, -0.25) is 0 Å². The summed E-state index contributed by atoms with van der Waals surface area (Å²) in [6, 6.07) is 4.77.